The number of rotatable bonds is 6. The van der Waals surface area contributed by atoms with Gasteiger partial charge in [0.25, 0.3) is 5.69 Å². The molecule has 2 aromatic rings. The SMILES string of the molecule is CCNC(=NCc1ccc([N+](=O)[O-])cc1)NC1CCN(c2cccs2)CC1. The van der Waals surface area contributed by atoms with Crippen LogP contribution in [-0.4, -0.2) is 36.6 Å². The lowest BCUT2D eigenvalue weighted by atomic mass is 10.1. The maximum Gasteiger partial charge on any atom is 0.269 e. The van der Waals surface area contributed by atoms with E-state index in [-0.39, 0.29) is 10.6 Å². The summed E-state index contributed by atoms with van der Waals surface area (Å²) in [6.07, 6.45) is 2.14. The van der Waals surface area contributed by atoms with E-state index in [4.69, 9.17) is 0 Å². The van der Waals surface area contributed by atoms with E-state index >= 15 is 0 Å². The van der Waals surface area contributed by atoms with Crippen LogP contribution in [-0.2, 0) is 6.54 Å². The number of non-ortho nitro benzene ring substituents is 1. The molecule has 0 atom stereocenters. The van der Waals surface area contributed by atoms with Gasteiger partial charge in [0.2, 0.25) is 0 Å². The highest BCUT2D eigenvalue weighted by atomic mass is 32.1. The summed E-state index contributed by atoms with van der Waals surface area (Å²) >= 11 is 1.79. The van der Waals surface area contributed by atoms with Crippen molar-refractivity contribution in [3.05, 3.63) is 57.5 Å². The topological polar surface area (TPSA) is 82.8 Å². The monoisotopic (exact) mass is 387 g/mol. The van der Waals surface area contributed by atoms with Crippen molar-refractivity contribution in [1.82, 2.24) is 10.6 Å². The van der Waals surface area contributed by atoms with Crippen molar-refractivity contribution in [3.63, 3.8) is 0 Å². The summed E-state index contributed by atoms with van der Waals surface area (Å²) in [6.45, 7) is 5.41. The number of nitrogens with zero attached hydrogens (tertiary/aromatic N) is 3. The Bertz CT molecular complexity index is 753. The van der Waals surface area contributed by atoms with Crippen LogP contribution in [0.3, 0.4) is 0 Å². The number of hydrogen-bond acceptors (Lipinski definition) is 5. The summed E-state index contributed by atoms with van der Waals surface area (Å²) in [5, 5.41) is 21.0. The molecule has 0 amide bonds. The van der Waals surface area contributed by atoms with Crippen molar-refractivity contribution >= 4 is 28.0 Å². The fourth-order valence-electron chi connectivity index (χ4n) is 3.10. The Hall–Kier alpha value is -2.61. The summed E-state index contributed by atoms with van der Waals surface area (Å²) in [7, 11) is 0. The van der Waals surface area contributed by atoms with Crippen LogP contribution in [0.4, 0.5) is 10.7 Å². The molecule has 2 heterocycles. The van der Waals surface area contributed by atoms with Gasteiger partial charge in [-0.2, -0.15) is 0 Å². The van der Waals surface area contributed by atoms with Crippen LogP contribution in [0.15, 0.2) is 46.8 Å². The number of nitrogens with one attached hydrogen (secondary N) is 2. The number of thiophene rings is 1. The zero-order chi connectivity index (χ0) is 19.1. The number of nitro groups is 1. The van der Waals surface area contributed by atoms with Gasteiger partial charge in [0, 0.05) is 37.8 Å². The second-order valence-corrected chi connectivity index (χ2v) is 7.40. The lowest BCUT2D eigenvalue weighted by Gasteiger charge is -2.33. The maximum absolute atomic E-state index is 10.7. The van der Waals surface area contributed by atoms with E-state index in [0.717, 1.165) is 44.0 Å². The number of aliphatic imine (C=N–C) groups is 1. The van der Waals surface area contributed by atoms with Gasteiger partial charge in [-0.25, -0.2) is 4.99 Å². The van der Waals surface area contributed by atoms with E-state index in [9.17, 15) is 10.1 Å². The van der Waals surface area contributed by atoms with Gasteiger partial charge in [-0.05, 0) is 42.8 Å². The molecule has 1 aromatic carbocycles. The maximum atomic E-state index is 10.7. The number of hydrogen-bond donors (Lipinski definition) is 2. The number of benzene rings is 1. The molecule has 0 spiro atoms. The molecule has 1 fully saturated rings. The van der Waals surface area contributed by atoms with E-state index in [2.05, 4.69) is 38.0 Å². The first-order valence-electron chi connectivity index (χ1n) is 9.22. The molecule has 0 bridgehead atoms. The van der Waals surface area contributed by atoms with E-state index in [1.165, 1.54) is 17.1 Å². The fraction of sp³-hybridized carbons (Fsp3) is 0.421. The number of guanidine groups is 1. The van der Waals surface area contributed by atoms with Gasteiger partial charge in [0.15, 0.2) is 5.96 Å². The Labute approximate surface area is 163 Å². The third kappa shape index (κ3) is 5.43. The van der Waals surface area contributed by atoms with E-state index in [1.807, 2.05) is 6.92 Å². The van der Waals surface area contributed by atoms with Crippen molar-refractivity contribution in [3.8, 4) is 0 Å². The number of anilines is 1. The molecule has 1 aromatic heterocycles. The first kappa shape index (κ1) is 19.2. The predicted molar refractivity (Wildman–Crippen MR) is 111 cm³/mol. The van der Waals surface area contributed by atoms with Gasteiger partial charge >= 0.3 is 0 Å². The molecule has 0 unspecified atom stereocenters. The van der Waals surface area contributed by atoms with Gasteiger partial charge in [-0.3, -0.25) is 10.1 Å². The quantitative estimate of drug-likeness (QED) is 0.344. The highest BCUT2D eigenvalue weighted by Gasteiger charge is 2.20. The Morgan fingerprint density at radius 3 is 2.63 bits per heavy atom. The van der Waals surface area contributed by atoms with E-state index in [1.54, 1.807) is 23.5 Å². The van der Waals surface area contributed by atoms with Crippen LogP contribution in [0.5, 0.6) is 0 Å². The first-order chi connectivity index (χ1) is 13.2. The summed E-state index contributed by atoms with van der Waals surface area (Å²) in [6, 6.07) is 11.2. The smallest absolute Gasteiger partial charge is 0.269 e. The minimum atomic E-state index is -0.388. The van der Waals surface area contributed by atoms with Gasteiger partial charge in [-0.15, -0.1) is 11.3 Å². The summed E-state index contributed by atoms with van der Waals surface area (Å²) < 4.78 is 0. The van der Waals surface area contributed by atoms with Crippen LogP contribution in [0.2, 0.25) is 0 Å². The molecular weight excluding hydrogens is 362 g/mol. The number of nitro benzene ring substituents is 1. The van der Waals surface area contributed by atoms with Crippen molar-refractivity contribution in [1.29, 1.82) is 0 Å². The van der Waals surface area contributed by atoms with Crippen molar-refractivity contribution in [2.45, 2.75) is 32.4 Å². The molecule has 7 nitrogen and oxygen atoms in total. The minimum Gasteiger partial charge on any atom is -0.363 e. The highest BCUT2D eigenvalue weighted by Crippen LogP contribution is 2.24. The third-order valence-electron chi connectivity index (χ3n) is 4.56. The van der Waals surface area contributed by atoms with Crippen molar-refractivity contribution < 1.29 is 4.92 Å². The second kappa shape index (κ2) is 9.36. The molecule has 1 aliphatic rings. The normalized spacial score (nSPS) is 15.6. The van der Waals surface area contributed by atoms with Crippen LogP contribution in [0, 0.1) is 10.1 Å². The summed E-state index contributed by atoms with van der Waals surface area (Å²) in [5.41, 5.74) is 1.05. The minimum absolute atomic E-state index is 0.102. The molecular formula is C19H25N5O2S. The van der Waals surface area contributed by atoms with E-state index < -0.39 is 0 Å². The zero-order valence-corrected chi connectivity index (χ0v) is 16.2. The first-order valence-corrected chi connectivity index (χ1v) is 10.1. The standard InChI is InChI=1S/C19H25N5O2S/c1-2-20-19(21-14-15-5-7-17(8-6-15)24(25)26)22-16-9-11-23(12-10-16)18-4-3-13-27-18/h3-8,13,16H,2,9-12,14H2,1H3,(H2,20,21,22). The van der Waals surface area contributed by atoms with Crippen molar-refractivity contribution in [2.24, 2.45) is 4.99 Å². The lowest BCUT2D eigenvalue weighted by Crippen LogP contribution is -2.48. The second-order valence-electron chi connectivity index (χ2n) is 6.48. The molecule has 144 valence electrons. The predicted octanol–water partition coefficient (Wildman–Crippen LogP) is 3.38. The van der Waals surface area contributed by atoms with E-state index in [0.29, 0.717) is 12.6 Å². The Kier molecular flexibility index (Phi) is 6.64. The molecule has 0 aliphatic carbocycles. The molecule has 8 heteroatoms. The molecule has 2 N–H and O–H groups in total. The molecule has 0 saturated carbocycles. The van der Waals surface area contributed by atoms with Crippen LogP contribution in [0.1, 0.15) is 25.3 Å². The Balaban J connectivity index is 1.54. The van der Waals surface area contributed by atoms with Gasteiger partial charge in [-0.1, -0.05) is 12.1 Å². The Morgan fingerprint density at radius 1 is 1.30 bits per heavy atom. The van der Waals surface area contributed by atoms with Gasteiger partial charge < -0.3 is 15.5 Å². The zero-order valence-electron chi connectivity index (χ0n) is 15.4. The summed E-state index contributed by atoms with van der Waals surface area (Å²) in [5.74, 6) is 0.797. The molecule has 1 aliphatic heterocycles. The molecule has 0 radical (unpaired) electrons. The highest BCUT2D eigenvalue weighted by molar-refractivity contribution is 7.14. The lowest BCUT2D eigenvalue weighted by molar-refractivity contribution is -0.384. The number of piperidine rings is 1. The van der Waals surface area contributed by atoms with Crippen LogP contribution < -0.4 is 15.5 Å². The Morgan fingerprint density at radius 2 is 2.04 bits per heavy atom. The van der Waals surface area contributed by atoms with Gasteiger partial charge in [0.1, 0.15) is 0 Å². The summed E-state index contributed by atoms with van der Waals surface area (Å²) in [4.78, 5) is 17.4. The van der Waals surface area contributed by atoms with Crippen LogP contribution >= 0.6 is 11.3 Å². The third-order valence-corrected chi connectivity index (χ3v) is 5.49. The average molecular weight is 388 g/mol. The molecule has 27 heavy (non-hydrogen) atoms. The molecule has 1 saturated heterocycles. The van der Waals surface area contributed by atoms with Crippen LogP contribution in [0.25, 0.3) is 0 Å². The molecule has 3 rings (SSSR count). The largest absolute Gasteiger partial charge is 0.363 e. The van der Waals surface area contributed by atoms with Gasteiger partial charge in [0.05, 0.1) is 16.5 Å². The average Bonchev–Trinajstić information content (AvgIpc) is 3.22. The van der Waals surface area contributed by atoms with Crippen molar-refractivity contribution in [2.75, 3.05) is 24.5 Å². The fourth-order valence-corrected chi connectivity index (χ4v) is 3.89.